The van der Waals surface area contributed by atoms with E-state index in [1.54, 1.807) is 0 Å². The first-order valence-corrected chi connectivity index (χ1v) is 7.81. The zero-order valence-electron chi connectivity index (χ0n) is 11.5. The normalized spacial score (nSPS) is 18.9. The third kappa shape index (κ3) is 2.50. The van der Waals surface area contributed by atoms with E-state index in [-0.39, 0.29) is 0 Å². The van der Waals surface area contributed by atoms with Crippen LogP contribution >= 0.6 is 15.9 Å². The summed E-state index contributed by atoms with van der Waals surface area (Å²) in [5, 5.41) is 15.4. The van der Waals surface area contributed by atoms with Crippen molar-refractivity contribution in [2.75, 3.05) is 0 Å². The molecule has 1 aromatic rings. The standard InChI is InChI=1S/C14H23BrN2O/c1-4-11-13(15)12(17(6-3)16-11)9-14(18,5-2)10-7-8-10/h10,18H,4-9H2,1-3H3. The molecule has 0 spiro atoms. The lowest BCUT2D eigenvalue weighted by Crippen LogP contribution is -2.34. The summed E-state index contributed by atoms with van der Waals surface area (Å²) in [6.07, 6.45) is 4.80. The highest BCUT2D eigenvalue weighted by Crippen LogP contribution is 2.44. The van der Waals surface area contributed by atoms with E-state index < -0.39 is 5.60 Å². The van der Waals surface area contributed by atoms with Crippen LogP contribution in [0.5, 0.6) is 0 Å². The van der Waals surface area contributed by atoms with Gasteiger partial charge in [-0.3, -0.25) is 4.68 Å². The molecule has 1 atom stereocenters. The van der Waals surface area contributed by atoms with Gasteiger partial charge in [0.15, 0.2) is 0 Å². The van der Waals surface area contributed by atoms with Gasteiger partial charge in [0.2, 0.25) is 0 Å². The summed E-state index contributed by atoms with van der Waals surface area (Å²) in [5.41, 5.74) is 1.72. The number of aryl methyl sites for hydroxylation is 2. The Kier molecular flexibility index (Phi) is 4.17. The number of hydrogen-bond acceptors (Lipinski definition) is 2. The molecule has 1 saturated carbocycles. The molecule has 4 heteroatoms. The third-order valence-electron chi connectivity index (χ3n) is 4.12. The van der Waals surface area contributed by atoms with Crippen LogP contribution < -0.4 is 0 Å². The van der Waals surface area contributed by atoms with Gasteiger partial charge < -0.3 is 5.11 Å². The molecule has 1 heterocycles. The van der Waals surface area contributed by atoms with Gasteiger partial charge in [-0.05, 0) is 54.5 Å². The third-order valence-corrected chi connectivity index (χ3v) is 5.03. The van der Waals surface area contributed by atoms with Crippen LogP contribution in [0, 0.1) is 5.92 Å². The van der Waals surface area contributed by atoms with Gasteiger partial charge >= 0.3 is 0 Å². The maximum Gasteiger partial charge on any atom is 0.0766 e. The Morgan fingerprint density at radius 2 is 2.06 bits per heavy atom. The van der Waals surface area contributed by atoms with E-state index in [1.807, 2.05) is 4.68 Å². The van der Waals surface area contributed by atoms with E-state index in [1.165, 1.54) is 12.8 Å². The molecule has 3 nitrogen and oxygen atoms in total. The highest BCUT2D eigenvalue weighted by Gasteiger charge is 2.43. The van der Waals surface area contributed by atoms with E-state index in [0.29, 0.717) is 5.92 Å². The lowest BCUT2D eigenvalue weighted by atomic mass is 9.89. The van der Waals surface area contributed by atoms with Crippen LogP contribution in [-0.4, -0.2) is 20.5 Å². The molecule has 0 aromatic carbocycles. The van der Waals surface area contributed by atoms with Crippen molar-refractivity contribution < 1.29 is 5.11 Å². The molecular formula is C14H23BrN2O. The summed E-state index contributed by atoms with van der Waals surface area (Å²) in [4.78, 5) is 0. The zero-order valence-corrected chi connectivity index (χ0v) is 13.1. The van der Waals surface area contributed by atoms with Crippen LogP contribution in [0.25, 0.3) is 0 Å². The van der Waals surface area contributed by atoms with Gasteiger partial charge in [0, 0.05) is 13.0 Å². The molecular weight excluding hydrogens is 292 g/mol. The first kappa shape index (κ1) is 14.1. The van der Waals surface area contributed by atoms with Gasteiger partial charge in [-0.2, -0.15) is 5.10 Å². The van der Waals surface area contributed by atoms with Crippen LogP contribution in [-0.2, 0) is 19.4 Å². The van der Waals surface area contributed by atoms with Gasteiger partial charge in [0.1, 0.15) is 0 Å². The topological polar surface area (TPSA) is 38.0 Å². The average Bonchev–Trinajstić information content (AvgIpc) is 3.18. The molecule has 1 fully saturated rings. The molecule has 0 aliphatic heterocycles. The Hall–Kier alpha value is -0.350. The van der Waals surface area contributed by atoms with Crippen molar-refractivity contribution in [2.45, 2.75) is 65.0 Å². The number of aromatic nitrogens is 2. The van der Waals surface area contributed by atoms with Crippen molar-refractivity contribution in [2.24, 2.45) is 5.92 Å². The summed E-state index contributed by atoms with van der Waals surface area (Å²) in [6, 6.07) is 0. The molecule has 0 saturated heterocycles. The van der Waals surface area contributed by atoms with Crippen LogP contribution in [0.15, 0.2) is 4.47 Å². The number of halogens is 1. The van der Waals surface area contributed by atoms with Crippen molar-refractivity contribution in [3.05, 3.63) is 15.9 Å². The minimum Gasteiger partial charge on any atom is -0.389 e. The van der Waals surface area contributed by atoms with Gasteiger partial charge in [0.05, 0.1) is 21.5 Å². The number of rotatable bonds is 6. The van der Waals surface area contributed by atoms with E-state index >= 15 is 0 Å². The summed E-state index contributed by atoms with van der Waals surface area (Å²) >= 11 is 3.66. The van der Waals surface area contributed by atoms with Crippen LogP contribution in [0.3, 0.4) is 0 Å². The molecule has 1 N–H and O–H groups in total. The van der Waals surface area contributed by atoms with Gasteiger partial charge in [-0.15, -0.1) is 0 Å². The molecule has 0 radical (unpaired) electrons. The fourth-order valence-corrected chi connectivity index (χ4v) is 3.36. The Balaban J connectivity index is 2.29. The second kappa shape index (κ2) is 5.33. The van der Waals surface area contributed by atoms with Crippen molar-refractivity contribution in [3.8, 4) is 0 Å². The van der Waals surface area contributed by atoms with E-state index in [0.717, 1.165) is 41.7 Å². The summed E-state index contributed by atoms with van der Waals surface area (Å²) in [7, 11) is 0. The maximum absolute atomic E-state index is 10.8. The molecule has 0 bridgehead atoms. The minimum atomic E-state index is -0.541. The smallest absolute Gasteiger partial charge is 0.0766 e. The highest BCUT2D eigenvalue weighted by atomic mass is 79.9. The highest BCUT2D eigenvalue weighted by molar-refractivity contribution is 9.10. The van der Waals surface area contributed by atoms with E-state index in [4.69, 9.17) is 0 Å². The second-order valence-electron chi connectivity index (χ2n) is 5.28. The lowest BCUT2D eigenvalue weighted by molar-refractivity contribution is 0.0119. The predicted octanol–water partition coefficient (Wildman–Crippen LogP) is 3.32. The van der Waals surface area contributed by atoms with Crippen molar-refractivity contribution in [1.82, 2.24) is 9.78 Å². The van der Waals surface area contributed by atoms with Crippen LogP contribution in [0.2, 0.25) is 0 Å². The fourth-order valence-electron chi connectivity index (χ4n) is 2.65. The van der Waals surface area contributed by atoms with Crippen molar-refractivity contribution >= 4 is 15.9 Å². The van der Waals surface area contributed by atoms with E-state index in [9.17, 15) is 5.11 Å². The van der Waals surface area contributed by atoms with E-state index in [2.05, 4.69) is 41.8 Å². The predicted molar refractivity (Wildman–Crippen MR) is 76.6 cm³/mol. The summed E-state index contributed by atoms with van der Waals surface area (Å²) < 4.78 is 3.13. The SMILES string of the molecule is CCc1nn(CC)c(CC(O)(CC)C2CC2)c1Br. The molecule has 1 aromatic heterocycles. The zero-order chi connectivity index (χ0) is 13.3. The Morgan fingerprint density at radius 1 is 1.39 bits per heavy atom. The fraction of sp³-hybridized carbons (Fsp3) is 0.786. The number of nitrogens with zero attached hydrogens (tertiary/aromatic N) is 2. The lowest BCUT2D eigenvalue weighted by Gasteiger charge is -2.27. The Morgan fingerprint density at radius 3 is 2.50 bits per heavy atom. The maximum atomic E-state index is 10.8. The first-order valence-electron chi connectivity index (χ1n) is 7.02. The molecule has 1 unspecified atom stereocenters. The minimum absolute atomic E-state index is 0.486. The number of aliphatic hydroxyl groups is 1. The van der Waals surface area contributed by atoms with Gasteiger partial charge in [-0.1, -0.05) is 13.8 Å². The summed E-state index contributed by atoms with van der Waals surface area (Å²) in [6.45, 7) is 7.16. The molecule has 1 aliphatic carbocycles. The Bertz CT molecular complexity index is 426. The quantitative estimate of drug-likeness (QED) is 0.874. The van der Waals surface area contributed by atoms with Gasteiger partial charge in [-0.25, -0.2) is 0 Å². The number of hydrogen-bond donors (Lipinski definition) is 1. The molecule has 18 heavy (non-hydrogen) atoms. The Labute approximate surface area is 118 Å². The van der Waals surface area contributed by atoms with Crippen LogP contribution in [0.1, 0.15) is 51.4 Å². The largest absolute Gasteiger partial charge is 0.389 e. The van der Waals surface area contributed by atoms with Crippen molar-refractivity contribution in [3.63, 3.8) is 0 Å². The monoisotopic (exact) mass is 314 g/mol. The first-order chi connectivity index (χ1) is 8.55. The molecule has 2 rings (SSSR count). The molecule has 1 aliphatic rings. The summed E-state index contributed by atoms with van der Waals surface area (Å²) in [5.74, 6) is 0.486. The molecule has 0 amide bonds. The van der Waals surface area contributed by atoms with Crippen LogP contribution in [0.4, 0.5) is 0 Å². The average molecular weight is 315 g/mol. The van der Waals surface area contributed by atoms with Crippen molar-refractivity contribution in [1.29, 1.82) is 0 Å². The van der Waals surface area contributed by atoms with Gasteiger partial charge in [0.25, 0.3) is 0 Å². The molecule has 102 valence electrons. The second-order valence-corrected chi connectivity index (χ2v) is 6.08.